The number of rotatable bonds is 5. The minimum absolute atomic E-state index is 0.123. The van der Waals surface area contributed by atoms with E-state index in [0.29, 0.717) is 5.75 Å². The number of nitrogens with zero attached hydrogens (tertiary/aromatic N) is 1. The predicted octanol–water partition coefficient (Wildman–Crippen LogP) is 3.12. The van der Waals surface area contributed by atoms with E-state index in [1.54, 1.807) is 12.3 Å². The third-order valence-electron chi connectivity index (χ3n) is 2.88. The molecule has 1 atom stereocenters. The maximum Gasteiger partial charge on any atom is 0.120 e. The van der Waals surface area contributed by atoms with E-state index < -0.39 is 0 Å². The molecule has 5 heteroatoms. The van der Waals surface area contributed by atoms with Gasteiger partial charge in [-0.05, 0) is 24.6 Å². The SMILES string of the molecule is CCC(NCc1cn[nH]c1)c1cc(Br)ccc1O. The van der Waals surface area contributed by atoms with Crippen molar-refractivity contribution >= 4 is 15.9 Å². The predicted molar refractivity (Wildman–Crippen MR) is 74.3 cm³/mol. The number of hydrogen-bond donors (Lipinski definition) is 3. The molecule has 0 aliphatic heterocycles. The van der Waals surface area contributed by atoms with Crippen LogP contribution >= 0.6 is 15.9 Å². The Morgan fingerprint density at radius 1 is 1.50 bits per heavy atom. The molecule has 2 rings (SSSR count). The molecule has 1 heterocycles. The van der Waals surface area contributed by atoms with Crippen LogP contribution in [0.2, 0.25) is 0 Å². The quantitative estimate of drug-likeness (QED) is 0.795. The number of hydrogen-bond acceptors (Lipinski definition) is 3. The van der Waals surface area contributed by atoms with Crippen LogP contribution in [0.15, 0.2) is 35.1 Å². The van der Waals surface area contributed by atoms with Crippen LogP contribution in [0.1, 0.15) is 30.5 Å². The first-order chi connectivity index (χ1) is 8.70. The lowest BCUT2D eigenvalue weighted by Gasteiger charge is -2.18. The van der Waals surface area contributed by atoms with Crippen LogP contribution < -0.4 is 5.32 Å². The summed E-state index contributed by atoms with van der Waals surface area (Å²) >= 11 is 3.43. The van der Waals surface area contributed by atoms with Gasteiger partial charge in [-0.3, -0.25) is 5.10 Å². The number of aromatic nitrogens is 2. The van der Waals surface area contributed by atoms with Crippen molar-refractivity contribution in [3.05, 3.63) is 46.2 Å². The van der Waals surface area contributed by atoms with Crippen LogP contribution in [0.25, 0.3) is 0 Å². The summed E-state index contributed by atoms with van der Waals surface area (Å²) in [6.07, 6.45) is 4.56. The molecular weight excluding hydrogens is 294 g/mol. The molecule has 4 nitrogen and oxygen atoms in total. The highest BCUT2D eigenvalue weighted by Gasteiger charge is 2.13. The number of aromatic hydroxyl groups is 1. The Morgan fingerprint density at radius 3 is 3.00 bits per heavy atom. The Balaban J connectivity index is 2.10. The summed E-state index contributed by atoms with van der Waals surface area (Å²) in [5.41, 5.74) is 2.01. The van der Waals surface area contributed by atoms with Gasteiger partial charge < -0.3 is 10.4 Å². The molecular formula is C13H16BrN3O. The van der Waals surface area contributed by atoms with Crippen LogP contribution in [-0.2, 0) is 6.54 Å². The third kappa shape index (κ3) is 3.11. The third-order valence-corrected chi connectivity index (χ3v) is 3.37. The first-order valence-electron chi connectivity index (χ1n) is 5.90. The van der Waals surface area contributed by atoms with Crippen LogP contribution in [-0.4, -0.2) is 15.3 Å². The summed E-state index contributed by atoms with van der Waals surface area (Å²) in [6.45, 7) is 2.81. The van der Waals surface area contributed by atoms with Crippen molar-refractivity contribution in [1.29, 1.82) is 0 Å². The molecule has 0 amide bonds. The van der Waals surface area contributed by atoms with Crippen molar-refractivity contribution in [3.8, 4) is 5.75 Å². The molecule has 1 unspecified atom stereocenters. The minimum atomic E-state index is 0.123. The van der Waals surface area contributed by atoms with Gasteiger partial charge in [0.1, 0.15) is 5.75 Å². The standard InChI is InChI=1S/C13H16BrN3O/c1-2-12(15-6-9-7-16-17-8-9)11-5-10(14)3-4-13(11)18/h3-5,7-8,12,15,18H,2,6H2,1H3,(H,16,17). The van der Waals surface area contributed by atoms with E-state index in [-0.39, 0.29) is 6.04 Å². The smallest absolute Gasteiger partial charge is 0.120 e. The van der Waals surface area contributed by atoms with E-state index >= 15 is 0 Å². The van der Waals surface area contributed by atoms with E-state index in [1.807, 2.05) is 18.3 Å². The van der Waals surface area contributed by atoms with Crippen LogP contribution in [0.3, 0.4) is 0 Å². The van der Waals surface area contributed by atoms with Gasteiger partial charge in [0.15, 0.2) is 0 Å². The lowest BCUT2D eigenvalue weighted by molar-refractivity contribution is 0.440. The van der Waals surface area contributed by atoms with Crippen LogP contribution in [0.5, 0.6) is 5.75 Å². The van der Waals surface area contributed by atoms with E-state index in [4.69, 9.17) is 0 Å². The first kappa shape index (κ1) is 13.1. The van der Waals surface area contributed by atoms with E-state index in [9.17, 15) is 5.11 Å². The summed E-state index contributed by atoms with van der Waals surface area (Å²) in [5.74, 6) is 0.324. The average Bonchev–Trinajstić information content (AvgIpc) is 2.87. The van der Waals surface area contributed by atoms with Gasteiger partial charge in [-0.1, -0.05) is 22.9 Å². The second-order valence-corrected chi connectivity index (χ2v) is 5.07. The van der Waals surface area contributed by atoms with Crippen molar-refractivity contribution < 1.29 is 5.11 Å². The molecule has 0 fully saturated rings. The summed E-state index contributed by atoms with van der Waals surface area (Å²) in [5, 5.41) is 20.0. The Labute approximate surface area is 115 Å². The molecule has 0 saturated heterocycles. The van der Waals surface area contributed by atoms with Crippen molar-refractivity contribution in [2.45, 2.75) is 25.9 Å². The van der Waals surface area contributed by atoms with E-state index in [0.717, 1.165) is 28.6 Å². The summed E-state index contributed by atoms with van der Waals surface area (Å²) in [4.78, 5) is 0. The van der Waals surface area contributed by atoms with Crippen LogP contribution in [0.4, 0.5) is 0 Å². The molecule has 0 aliphatic carbocycles. The van der Waals surface area contributed by atoms with Crippen molar-refractivity contribution in [1.82, 2.24) is 15.5 Å². The molecule has 0 saturated carbocycles. The largest absolute Gasteiger partial charge is 0.508 e. The van der Waals surface area contributed by atoms with Crippen molar-refractivity contribution in [2.24, 2.45) is 0 Å². The van der Waals surface area contributed by atoms with Gasteiger partial charge in [-0.2, -0.15) is 5.10 Å². The minimum Gasteiger partial charge on any atom is -0.508 e. The molecule has 0 spiro atoms. The fourth-order valence-corrected chi connectivity index (χ4v) is 2.27. The monoisotopic (exact) mass is 309 g/mol. The molecule has 2 aromatic rings. The fourth-order valence-electron chi connectivity index (χ4n) is 1.89. The van der Waals surface area contributed by atoms with Crippen molar-refractivity contribution in [2.75, 3.05) is 0 Å². The van der Waals surface area contributed by atoms with Gasteiger partial charge in [0.2, 0.25) is 0 Å². The number of benzene rings is 1. The second kappa shape index (κ2) is 6.02. The second-order valence-electron chi connectivity index (χ2n) is 4.15. The summed E-state index contributed by atoms with van der Waals surface area (Å²) in [7, 11) is 0. The van der Waals surface area contributed by atoms with E-state index in [1.165, 1.54) is 0 Å². The number of aromatic amines is 1. The topological polar surface area (TPSA) is 60.9 Å². The van der Waals surface area contributed by atoms with E-state index in [2.05, 4.69) is 38.4 Å². The molecule has 0 radical (unpaired) electrons. The summed E-state index contributed by atoms with van der Waals surface area (Å²) in [6, 6.07) is 5.62. The van der Waals surface area contributed by atoms with Gasteiger partial charge in [0.25, 0.3) is 0 Å². The number of phenols is 1. The Bertz CT molecular complexity index is 499. The summed E-state index contributed by atoms with van der Waals surface area (Å²) < 4.78 is 0.971. The lowest BCUT2D eigenvalue weighted by Crippen LogP contribution is -2.20. The Hall–Kier alpha value is -1.33. The van der Waals surface area contributed by atoms with Crippen LogP contribution in [0, 0.1) is 0 Å². The zero-order valence-corrected chi connectivity index (χ0v) is 11.7. The molecule has 1 aromatic heterocycles. The van der Waals surface area contributed by atoms with Crippen molar-refractivity contribution in [3.63, 3.8) is 0 Å². The zero-order valence-electron chi connectivity index (χ0n) is 10.2. The first-order valence-corrected chi connectivity index (χ1v) is 6.69. The van der Waals surface area contributed by atoms with Gasteiger partial charge in [0, 0.05) is 34.4 Å². The molecule has 1 aromatic carbocycles. The molecule has 18 heavy (non-hydrogen) atoms. The highest BCUT2D eigenvalue weighted by atomic mass is 79.9. The number of nitrogens with one attached hydrogen (secondary N) is 2. The maximum atomic E-state index is 9.91. The average molecular weight is 310 g/mol. The van der Waals surface area contributed by atoms with Gasteiger partial charge in [-0.25, -0.2) is 0 Å². The number of halogens is 1. The zero-order chi connectivity index (χ0) is 13.0. The highest BCUT2D eigenvalue weighted by molar-refractivity contribution is 9.10. The number of H-pyrrole nitrogens is 1. The maximum absolute atomic E-state index is 9.91. The Kier molecular flexibility index (Phi) is 4.38. The van der Waals surface area contributed by atoms with Gasteiger partial charge in [0.05, 0.1) is 6.20 Å². The van der Waals surface area contributed by atoms with Gasteiger partial charge >= 0.3 is 0 Å². The molecule has 96 valence electrons. The number of phenolic OH excluding ortho intramolecular Hbond substituents is 1. The lowest BCUT2D eigenvalue weighted by atomic mass is 10.0. The molecule has 0 bridgehead atoms. The normalized spacial score (nSPS) is 12.6. The molecule has 3 N–H and O–H groups in total. The van der Waals surface area contributed by atoms with Gasteiger partial charge in [-0.15, -0.1) is 0 Å². The highest BCUT2D eigenvalue weighted by Crippen LogP contribution is 2.29. The Morgan fingerprint density at radius 2 is 2.33 bits per heavy atom. The molecule has 0 aliphatic rings. The fraction of sp³-hybridized carbons (Fsp3) is 0.308.